The highest BCUT2D eigenvalue weighted by molar-refractivity contribution is 6.04. The third-order valence-electron chi connectivity index (χ3n) is 4.68. The average molecular weight is 432 g/mol. The molecule has 2 aromatic rings. The molecule has 1 aromatic carbocycles. The molecule has 5 nitrogen and oxygen atoms in total. The van der Waals surface area contributed by atoms with Crippen molar-refractivity contribution in [2.24, 2.45) is 0 Å². The number of hydrogen-bond acceptors (Lipinski definition) is 4. The van der Waals surface area contributed by atoms with Crippen LogP contribution in [0.3, 0.4) is 0 Å². The lowest BCUT2D eigenvalue weighted by atomic mass is 10.1. The Morgan fingerprint density at radius 2 is 1.50 bits per heavy atom. The summed E-state index contributed by atoms with van der Waals surface area (Å²) in [7, 11) is 1.97. The predicted molar refractivity (Wildman–Crippen MR) is 98.3 cm³/mol. The minimum Gasteiger partial charge on any atom is -0.354 e. The highest BCUT2D eigenvalue weighted by Crippen LogP contribution is 2.37. The first-order valence-corrected chi connectivity index (χ1v) is 8.94. The Balaban J connectivity index is 1.84. The van der Waals surface area contributed by atoms with Crippen molar-refractivity contribution in [3.05, 3.63) is 53.2 Å². The summed E-state index contributed by atoms with van der Waals surface area (Å²) in [6.07, 6.45) is -8.62. The van der Waals surface area contributed by atoms with E-state index in [1.165, 1.54) is 18.3 Å². The van der Waals surface area contributed by atoms with Crippen LogP contribution >= 0.6 is 0 Å². The van der Waals surface area contributed by atoms with E-state index in [1.807, 2.05) is 11.9 Å². The summed E-state index contributed by atoms with van der Waals surface area (Å²) in [6, 6.07) is 3.74. The first kappa shape index (κ1) is 21.9. The number of nitrogens with zero attached hydrogens (tertiary/aromatic N) is 3. The van der Waals surface area contributed by atoms with E-state index < -0.39 is 35.1 Å². The van der Waals surface area contributed by atoms with E-state index in [0.717, 1.165) is 13.1 Å². The Bertz CT molecular complexity index is 888. The van der Waals surface area contributed by atoms with Gasteiger partial charge in [0.05, 0.1) is 11.1 Å². The van der Waals surface area contributed by atoms with Gasteiger partial charge in [0.15, 0.2) is 0 Å². The van der Waals surface area contributed by atoms with Gasteiger partial charge in [-0.05, 0) is 37.4 Å². The van der Waals surface area contributed by atoms with Gasteiger partial charge in [-0.2, -0.15) is 26.3 Å². The van der Waals surface area contributed by atoms with Gasteiger partial charge in [-0.15, -0.1) is 0 Å². The molecule has 0 bridgehead atoms. The topological polar surface area (TPSA) is 48.5 Å². The lowest BCUT2D eigenvalue weighted by Crippen LogP contribution is -2.44. The number of halogens is 6. The van der Waals surface area contributed by atoms with Gasteiger partial charge in [0.25, 0.3) is 5.91 Å². The molecule has 1 amide bonds. The second kappa shape index (κ2) is 8.13. The van der Waals surface area contributed by atoms with Crippen molar-refractivity contribution in [1.29, 1.82) is 0 Å². The summed E-state index contributed by atoms with van der Waals surface area (Å²) >= 11 is 0. The maximum atomic E-state index is 13.0. The van der Waals surface area contributed by atoms with Crippen LogP contribution in [0, 0.1) is 0 Å². The number of amides is 1. The van der Waals surface area contributed by atoms with E-state index in [9.17, 15) is 31.1 Å². The number of carbonyl (C=O) groups excluding carboxylic acids is 1. The van der Waals surface area contributed by atoms with Crippen LogP contribution < -0.4 is 10.2 Å². The molecule has 1 aliphatic heterocycles. The number of nitrogens with one attached hydrogen (secondary N) is 1. The molecule has 1 aliphatic rings. The molecular formula is C19H18F6N4O. The fraction of sp³-hybridized carbons (Fsp3) is 0.368. The first-order chi connectivity index (χ1) is 13.9. The third kappa shape index (κ3) is 5.21. The number of anilines is 2. The van der Waals surface area contributed by atoms with E-state index >= 15 is 0 Å². The number of likely N-dealkylation sites (N-methyl/N-ethyl adjacent to an activating group) is 1. The molecule has 1 N–H and O–H groups in total. The Hall–Kier alpha value is -2.82. The fourth-order valence-electron chi connectivity index (χ4n) is 3.00. The van der Waals surface area contributed by atoms with Crippen molar-refractivity contribution in [1.82, 2.24) is 9.88 Å². The van der Waals surface area contributed by atoms with Crippen LogP contribution in [0.1, 0.15) is 21.5 Å². The van der Waals surface area contributed by atoms with Crippen molar-refractivity contribution in [3.63, 3.8) is 0 Å². The van der Waals surface area contributed by atoms with E-state index in [0.29, 0.717) is 31.0 Å². The first-order valence-electron chi connectivity index (χ1n) is 8.94. The quantitative estimate of drug-likeness (QED) is 0.742. The molecule has 162 valence electrons. The molecule has 0 spiro atoms. The van der Waals surface area contributed by atoms with E-state index in [4.69, 9.17) is 0 Å². The molecular weight excluding hydrogens is 414 g/mol. The SMILES string of the molecule is CN1CCN(c2cc(C(=O)Nc3cc(C(F)(F)F)cc(C(F)(F)F)c3)ccn2)CC1. The van der Waals surface area contributed by atoms with Crippen LogP contribution in [-0.4, -0.2) is 49.0 Å². The van der Waals surface area contributed by atoms with E-state index in [1.54, 1.807) is 0 Å². The third-order valence-corrected chi connectivity index (χ3v) is 4.68. The number of benzene rings is 1. The largest absolute Gasteiger partial charge is 0.416 e. The van der Waals surface area contributed by atoms with Crippen LogP contribution in [-0.2, 0) is 12.4 Å². The summed E-state index contributed by atoms with van der Waals surface area (Å²) < 4.78 is 77.9. The van der Waals surface area contributed by atoms with Crippen LogP contribution in [0.25, 0.3) is 0 Å². The summed E-state index contributed by atoms with van der Waals surface area (Å²) in [5.74, 6) is -0.323. The second-order valence-electron chi connectivity index (χ2n) is 6.94. The predicted octanol–water partition coefficient (Wildman–Crippen LogP) is 4.12. The molecule has 1 fully saturated rings. The van der Waals surface area contributed by atoms with Crippen molar-refractivity contribution < 1.29 is 31.1 Å². The summed E-state index contributed by atoms with van der Waals surface area (Å²) in [5.41, 5.74) is -3.52. The molecule has 0 atom stereocenters. The number of alkyl halides is 6. The maximum absolute atomic E-state index is 13.0. The maximum Gasteiger partial charge on any atom is 0.416 e. The molecule has 1 saturated heterocycles. The number of pyridine rings is 1. The van der Waals surface area contributed by atoms with Gasteiger partial charge in [-0.25, -0.2) is 4.98 Å². The van der Waals surface area contributed by atoms with Crippen molar-refractivity contribution in [2.45, 2.75) is 12.4 Å². The highest BCUT2D eigenvalue weighted by atomic mass is 19.4. The Kier molecular flexibility index (Phi) is 5.93. The normalized spacial score (nSPS) is 15.9. The minimum atomic E-state index is -4.99. The monoisotopic (exact) mass is 432 g/mol. The molecule has 0 radical (unpaired) electrons. The zero-order valence-corrected chi connectivity index (χ0v) is 15.8. The van der Waals surface area contributed by atoms with Crippen molar-refractivity contribution >= 4 is 17.4 Å². The Morgan fingerprint density at radius 1 is 0.933 bits per heavy atom. The van der Waals surface area contributed by atoms with Gasteiger partial charge >= 0.3 is 12.4 Å². The van der Waals surface area contributed by atoms with Crippen LogP contribution in [0.4, 0.5) is 37.8 Å². The summed E-state index contributed by atoms with van der Waals surface area (Å²) in [4.78, 5) is 20.8. The smallest absolute Gasteiger partial charge is 0.354 e. The van der Waals surface area contributed by atoms with Gasteiger partial charge in [-0.1, -0.05) is 0 Å². The molecule has 2 heterocycles. The molecule has 0 saturated carbocycles. The summed E-state index contributed by atoms with van der Waals surface area (Å²) in [6.45, 7) is 2.94. The zero-order valence-electron chi connectivity index (χ0n) is 15.8. The number of rotatable bonds is 3. The van der Waals surface area contributed by atoms with Gasteiger partial charge in [0.2, 0.25) is 0 Å². The number of hydrogen-bond donors (Lipinski definition) is 1. The molecule has 3 rings (SSSR count). The average Bonchev–Trinajstić information content (AvgIpc) is 2.67. The van der Waals surface area contributed by atoms with E-state index in [2.05, 4.69) is 15.2 Å². The molecule has 0 aliphatic carbocycles. The number of carbonyl (C=O) groups is 1. The van der Waals surface area contributed by atoms with Crippen molar-refractivity contribution in [2.75, 3.05) is 43.4 Å². The number of aromatic nitrogens is 1. The molecule has 0 unspecified atom stereocenters. The lowest BCUT2D eigenvalue weighted by Gasteiger charge is -2.33. The minimum absolute atomic E-state index is 0.00751. The van der Waals surface area contributed by atoms with Gasteiger partial charge in [-0.3, -0.25) is 4.79 Å². The fourth-order valence-corrected chi connectivity index (χ4v) is 3.00. The Morgan fingerprint density at radius 3 is 2.03 bits per heavy atom. The molecule has 11 heteroatoms. The standard InChI is InChI=1S/C19H18F6N4O/c1-28-4-6-29(7-5-28)16-8-12(2-3-26-16)17(30)27-15-10-13(18(20,21)22)9-14(11-15)19(23,24)25/h2-3,8-11H,4-7H2,1H3,(H,27,30). The number of piperazine rings is 1. The van der Waals surface area contributed by atoms with Crippen LogP contribution in [0.15, 0.2) is 36.5 Å². The Labute approximate surface area is 168 Å². The van der Waals surface area contributed by atoms with Crippen LogP contribution in [0.5, 0.6) is 0 Å². The van der Waals surface area contributed by atoms with Gasteiger partial charge < -0.3 is 15.1 Å². The van der Waals surface area contributed by atoms with Gasteiger partial charge in [0.1, 0.15) is 5.82 Å². The second-order valence-corrected chi connectivity index (χ2v) is 6.94. The zero-order chi connectivity index (χ0) is 22.1. The highest BCUT2D eigenvalue weighted by Gasteiger charge is 2.37. The van der Waals surface area contributed by atoms with Gasteiger partial charge in [0, 0.05) is 43.6 Å². The van der Waals surface area contributed by atoms with E-state index in [-0.39, 0.29) is 11.6 Å². The molecule has 1 aromatic heterocycles. The lowest BCUT2D eigenvalue weighted by molar-refractivity contribution is -0.143. The van der Waals surface area contributed by atoms with Crippen LogP contribution in [0.2, 0.25) is 0 Å². The van der Waals surface area contributed by atoms with Crippen molar-refractivity contribution in [3.8, 4) is 0 Å². The molecule has 30 heavy (non-hydrogen) atoms. The summed E-state index contributed by atoms with van der Waals surface area (Å²) in [5, 5.41) is 2.13.